The first kappa shape index (κ1) is 13.1. The summed E-state index contributed by atoms with van der Waals surface area (Å²) < 4.78 is 6.50. The number of carbonyl (C=O) groups is 1. The lowest BCUT2D eigenvalue weighted by Gasteiger charge is -2.58. The first-order valence-electron chi connectivity index (χ1n) is 8.24. The van der Waals surface area contributed by atoms with E-state index >= 15 is 0 Å². The normalized spacial score (nSPS) is 45.5. The molecule has 4 bridgehead atoms. The highest BCUT2D eigenvalue weighted by molar-refractivity contribution is 5.77. The molecule has 0 atom stereocenters. The summed E-state index contributed by atoms with van der Waals surface area (Å²) in [5, 5.41) is 13.0. The monoisotopic (exact) mass is 279 g/mol. The molecule has 5 fully saturated rings. The zero-order valence-corrected chi connectivity index (χ0v) is 12.1. The number of hydrogen-bond donors (Lipinski definition) is 2. The Labute approximate surface area is 120 Å². The predicted molar refractivity (Wildman–Crippen MR) is 74.5 cm³/mol. The van der Waals surface area contributed by atoms with E-state index in [1.165, 1.54) is 19.3 Å². The van der Waals surface area contributed by atoms with Gasteiger partial charge in [-0.25, -0.2) is 4.79 Å². The first-order valence-corrected chi connectivity index (χ1v) is 8.24. The number of ether oxygens (including phenoxy) is 1. The Balaban J connectivity index is 1.59. The van der Waals surface area contributed by atoms with Crippen LogP contribution in [0.2, 0.25) is 0 Å². The molecular weight excluding hydrogens is 254 g/mol. The molecule has 1 heterocycles. The van der Waals surface area contributed by atoms with E-state index in [0.717, 1.165) is 50.1 Å². The minimum atomic E-state index is -0.920. The summed E-state index contributed by atoms with van der Waals surface area (Å²) in [6.45, 7) is 1.53. The fourth-order valence-electron chi connectivity index (χ4n) is 5.76. The quantitative estimate of drug-likeness (QED) is 0.831. The van der Waals surface area contributed by atoms with Crippen LogP contribution in [0.1, 0.15) is 51.4 Å². The molecule has 4 saturated carbocycles. The highest BCUT2D eigenvalue weighted by Gasteiger charge is 2.56. The second-order valence-electron chi connectivity index (χ2n) is 7.75. The Morgan fingerprint density at radius 2 is 1.50 bits per heavy atom. The van der Waals surface area contributed by atoms with E-state index in [9.17, 15) is 9.90 Å². The van der Waals surface area contributed by atoms with Crippen LogP contribution in [0.5, 0.6) is 0 Å². The molecule has 0 amide bonds. The van der Waals surface area contributed by atoms with Crippen LogP contribution in [0.25, 0.3) is 0 Å². The highest BCUT2D eigenvalue weighted by atomic mass is 16.5. The van der Waals surface area contributed by atoms with Gasteiger partial charge in [-0.3, -0.25) is 0 Å². The maximum Gasteiger partial charge on any atom is 0.336 e. The minimum Gasteiger partial charge on any atom is -0.479 e. The van der Waals surface area contributed by atoms with Crippen LogP contribution in [-0.2, 0) is 9.53 Å². The van der Waals surface area contributed by atoms with E-state index in [-0.39, 0.29) is 5.60 Å². The lowest BCUT2D eigenvalue weighted by atomic mass is 9.54. The molecule has 5 aliphatic rings. The Morgan fingerprint density at radius 1 is 1.00 bits per heavy atom. The summed E-state index contributed by atoms with van der Waals surface area (Å²) in [5.74, 6) is 1.66. The van der Waals surface area contributed by atoms with Gasteiger partial charge in [0.05, 0.1) is 5.60 Å². The summed E-state index contributed by atoms with van der Waals surface area (Å²) in [4.78, 5) is 11.8. The van der Waals surface area contributed by atoms with Crippen molar-refractivity contribution in [3.05, 3.63) is 0 Å². The summed E-state index contributed by atoms with van der Waals surface area (Å²) in [6.07, 6.45) is 8.66. The van der Waals surface area contributed by atoms with Gasteiger partial charge in [-0.15, -0.1) is 0 Å². The van der Waals surface area contributed by atoms with Crippen LogP contribution >= 0.6 is 0 Å². The van der Waals surface area contributed by atoms with Crippen LogP contribution in [0.3, 0.4) is 0 Å². The largest absolute Gasteiger partial charge is 0.479 e. The molecule has 0 unspecified atom stereocenters. The predicted octanol–water partition coefficient (Wildman–Crippen LogP) is 2.18. The van der Waals surface area contributed by atoms with Crippen LogP contribution in [0.15, 0.2) is 0 Å². The van der Waals surface area contributed by atoms with Gasteiger partial charge in [-0.2, -0.15) is 0 Å². The zero-order chi connectivity index (χ0) is 13.8. The zero-order valence-electron chi connectivity index (χ0n) is 12.1. The standard InChI is InChI=1S/C16H25NO3/c18-14(19)16(1-3-17-4-2-16)20-15-8-11-5-12(9-15)7-13(6-11)10-15/h11-13,17H,1-10H2,(H,18,19). The van der Waals surface area contributed by atoms with E-state index in [1.54, 1.807) is 0 Å². The van der Waals surface area contributed by atoms with Gasteiger partial charge in [-0.05, 0) is 82.2 Å². The minimum absolute atomic E-state index is 0.107. The second-order valence-corrected chi connectivity index (χ2v) is 7.75. The summed E-state index contributed by atoms with van der Waals surface area (Å²) in [6, 6.07) is 0. The highest BCUT2D eigenvalue weighted by Crippen LogP contribution is 2.58. The average Bonchev–Trinajstić information content (AvgIpc) is 2.37. The van der Waals surface area contributed by atoms with Crippen LogP contribution < -0.4 is 5.32 Å². The first-order chi connectivity index (χ1) is 9.59. The average molecular weight is 279 g/mol. The maximum atomic E-state index is 11.8. The fraction of sp³-hybridized carbons (Fsp3) is 0.938. The van der Waals surface area contributed by atoms with E-state index in [2.05, 4.69) is 5.32 Å². The van der Waals surface area contributed by atoms with Crippen molar-refractivity contribution in [3.63, 3.8) is 0 Å². The van der Waals surface area contributed by atoms with Crippen LogP contribution in [0, 0.1) is 17.8 Å². The van der Waals surface area contributed by atoms with E-state index in [4.69, 9.17) is 4.74 Å². The molecule has 4 nitrogen and oxygen atoms in total. The molecule has 0 aromatic carbocycles. The van der Waals surface area contributed by atoms with Gasteiger partial charge in [0, 0.05) is 0 Å². The molecule has 0 aromatic heterocycles. The van der Waals surface area contributed by atoms with Crippen molar-refractivity contribution >= 4 is 5.97 Å². The van der Waals surface area contributed by atoms with E-state index in [1.807, 2.05) is 0 Å². The molecule has 20 heavy (non-hydrogen) atoms. The van der Waals surface area contributed by atoms with Crippen molar-refractivity contribution in [2.45, 2.75) is 62.6 Å². The molecule has 1 aliphatic heterocycles. The number of hydrogen-bond acceptors (Lipinski definition) is 3. The summed E-state index contributed by atoms with van der Waals surface area (Å²) in [7, 11) is 0. The van der Waals surface area contributed by atoms with Gasteiger partial charge in [-0.1, -0.05) is 0 Å². The number of carboxylic acid groups (broad SMARTS) is 1. The van der Waals surface area contributed by atoms with E-state index in [0.29, 0.717) is 12.8 Å². The summed E-state index contributed by atoms with van der Waals surface area (Å²) >= 11 is 0. The number of carboxylic acids is 1. The molecule has 1 saturated heterocycles. The molecule has 4 heteroatoms. The molecular formula is C16H25NO3. The van der Waals surface area contributed by atoms with Gasteiger partial charge in [0.2, 0.25) is 0 Å². The van der Waals surface area contributed by atoms with Crippen molar-refractivity contribution < 1.29 is 14.6 Å². The molecule has 112 valence electrons. The van der Waals surface area contributed by atoms with Crippen LogP contribution in [-0.4, -0.2) is 35.4 Å². The Hall–Kier alpha value is -0.610. The number of rotatable bonds is 3. The van der Waals surface area contributed by atoms with E-state index < -0.39 is 11.6 Å². The van der Waals surface area contributed by atoms with Crippen molar-refractivity contribution in [2.24, 2.45) is 17.8 Å². The second kappa shape index (κ2) is 4.44. The summed E-state index contributed by atoms with van der Waals surface area (Å²) in [5.41, 5.74) is -1.03. The molecule has 5 rings (SSSR count). The van der Waals surface area contributed by atoms with Gasteiger partial charge in [0.1, 0.15) is 0 Å². The molecule has 0 aromatic rings. The van der Waals surface area contributed by atoms with Gasteiger partial charge >= 0.3 is 5.97 Å². The Bertz CT molecular complexity index is 379. The third-order valence-corrected chi connectivity index (χ3v) is 6.19. The third kappa shape index (κ3) is 2.00. The lowest BCUT2D eigenvalue weighted by molar-refractivity contribution is -0.237. The molecule has 0 spiro atoms. The third-order valence-electron chi connectivity index (χ3n) is 6.19. The molecule has 4 aliphatic carbocycles. The van der Waals surface area contributed by atoms with Crippen molar-refractivity contribution in [3.8, 4) is 0 Å². The Morgan fingerprint density at radius 3 is 1.95 bits per heavy atom. The SMILES string of the molecule is O=C(O)C1(OC23CC4CC(CC(C4)C2)C3)CCNCC1. The topological polar surface area (TPSA) is 58.6 Å². The van der Waals surface area contributed by atoms with Crippen molar-refractivity contribution in [1.82, 2.24) is 5.32 Å². The van der Waals surface area contributed by atoms with Crippen LogP contribution in [0.4, 0.5) is 0 Å². The van der Waals surface area contributed by atoms with Gasteiger partial charge in [0.15, 0.2) is 5.60 Å². The van der Waals surface area contributed by atoms with Gasteiger partial charge in [0.25, 0.3) is 0 Å². The lowest BCUT2D eigenvalue weighted by Crippen LogP contribution is -2.60. The van der Waals surface area contributed by atoms with Crippen molar-refractivity contribution in [1.29, 1.82) is 0 Å². The fourth-order valence-corrected chi connectivity index (χ4v) is 5.76. The van der Waals surface area contributed by atoms with Crippen molar-refractivity contribution in [2.75, 3.05) is 13.1 Å². The molecule has 0 radical (unpaired) electrons. The number of piperidine rings is 1. The molecule has 2 N–H and O–H groups in total. The van der Waals surface area contributed by atoms with Gasteiger partial charge < -0.3 is 15.2 Å². The Kier molecular flexibility index (Phi) is 2.90. The maximum absolute atomic E-state index is 11.8. The smallest absolute Gasteiger partial charge is 0.336 e. The number of nitrogens with one attached hydrogen (secondary N) is 1. The number of aliphatic carboxylic acids is 1.